The Morgan fingerprint density at radius 3 is 2.03 bits per heavy atom. The number of nitrogens with zero attached hydrogens (tertiary/aromatic N) is 1. The topological polar surface area (TPSA) is 131 Å². The fourth-order valence-electron chi connectivity index (χ4n) is 4.15. The molecule has 2 fully saturated rings. The van der Waals surface area contributed by atoms with E-state index in [0.29, 0.717) is 31.2 Å². The maximum absolute atomic E-state index is 13.0. The number of hydrazine groups is 1. The van der Waals surface area contributed by atoms with Crippen molar-refractivity contribution in [3.05, 3.63) is 29.8 Å². The van der Waals surface area contributed by atoms with Gasteiger partial charge in [0.05, 0.1) is 11.2 Å². The van der Waals surface area contributed by atoms with E-state index < -0.39 is 41.9 Å². The summed E-state index contributed by atoms with van der Waals surface area (Å²) in [5.74, 6) is 5.09. The number of Topliss-reactive ketones (excluding diaryl/α,β-unsaturated/α-hetero) is 1. The summed E-state index contributed by atoms with van der Waals surface area (Å²) >= 11 is 0. The van der Waals surface area contributed by atoms with E-state index in [0.717, 1.165) is 10.5 Å². The number of hydrogen-bond donors (Lipinski definition) is 3. The Hall–Kier alpha value is -2.43. The Balaban J connectivity index is 1.72. The fraction of sp³-hybridized carbons (Fsp3) is 0.591. The van der Waals surface area contributed by atoms with Gasteiger partial charge >= 0.3 is 13.2 Å². The second-order valence-corrected chi connectivity index (χ2v) is 9.68. The molecular formula is C22H32BN3O6. The predicted octanol–water partition coefficient (Wildman–Crippen LogP) is 1.84. The minimum Gasteiger partial charge on any atom is -0.465 e. The van der Waals surface area contributed by atoms with E-state index in [9.17, 15) is 14.4 Å². The third-order valence-corrected chi connectivity index (χ3v) is 6.96. The number of rotatable bonds is 6. The molecule has 4 N–H and O–H groups in total. The summed E-state index contributed by atoms with van der Waals surface area (Å²) in [6, 6.07) is 5.86. The molecule has 32 heavy (non-hydrogen) atoms. The summed E-state index contributed by atoms with van der Waals surface area (Å²) in [4.78, 5) is 37.2. The van der Waals surface area contributed by atoms with Crippen molar-refractivity contribution in [3.63, 3.8) is 0 Å². The molecule has 9 nitrogen and oxygen atoms in total. The summed E-state index contributed by atoms with van der Waals surface area (Å²) in [6.07, 6.45) is 0.849. The van der Waals surface area contributed by atoms with Gasteiger partial charge < -0.3 is 19.7 Å². The Bertz CT molecular complexity index is 879. The lowest BCUT2D eigenvalue weighted by molar-refractivity contribution is -0.139. The minimum absolute atomic E-state index is 0.343. The first kappa shape index (κ1) is 24.2. The van der Waals surface area contributed by atoms with Crippen molar-refractivity contribution in [1.82, 2.24) is 10.3 Å². The molecule has 1 saturated heterocycles. The van der Waals surface area contributed by atoms with Gasteiger partial charge in [0.2, 0.25) is 0 Å². The molecule has 1 saturated carbocycles. The van der Waals surface area contributed by atoms with E-state index in [1.54, 1.807) is 24.3 Å². The van der Waals surface area contributed by atoms with Crippen molar-refractivity contribution in [1.29, 1.82) is 0 Å². The summed E-state index contributed by atoms with van der Waals surface area (Å²) in [7, 11) is -0.543. The molecule has 1 heterocycles. The molecule has 1 aromatic carbocycles. The Morgan fingerprint density at radius 1 is 1.06 bits per heavy atom. The van der Waals surface area contributed by atoms with Gasteiger partial charge in [-0.25, -0.2) is 10.6 Å². The van der Waals surface area contributed by atoms with Crippen LogP contribution < -0.4 is 16.6 Å². The van der Waals surface area contributed by atoms with E-state index >= 15 is 0 Å². The molecule has 1 aromatic rings. The number of ketones is 1. The highest BCUT2D eigenvalue weighted by atomic mass is 16.7. The van der Waals surface area contributed by atoms with Crippen LogP contribution in [0.15, 0.2) is 24.3 Å². The van der Waals surface area contributed by atoms with E-state index in [2.05, 4.69) is 5.32 Å². The molecule has 0 spiro atoms. The SMILES string of the molecule is CC(C(=O)c1ccc(B2OC(C)(C)C(C)(C)O2)cc1)N(N)C(=O)C1(NC(=O)O)CCCC1. The summed E-state index contributed by atoms with van der Waals surface area (Å²) in [6.45, 7) is 9.41. The second-order valence-electron chi connectivity index (χ2n) is 9.68. The van der Waals surface area contributed by atoms with Crippen molar-refractivity contribution in [2.45, 2.75) is 83.1 Å². The van der Waals surface area contributed by atoms with Crippen molar-refractivity contribution in [3.8, 4) is 0 Å². The van der Waals surface area contributed by atoms with Crippen LogP contribution in [0.25, 0.3) is 0 Å². The zero-order chi connectivity index (χ0) is 23.9. The zero-order valence-corrected chi connectivity index (χ0v) is 19.3. The highest BCUT2D eigenvalue weighted by molar-refractivity contribution is 6.62. The first-order chi connectivity index (χ1) is 14.8. The number of nitrogens with two attached hydrogens (primary N) is 1. The Morgan fingerprint density at radius 2 is 1.56 bits per heavy atom. The monoisotopic (exact) mass is 445 g/mol. The third kappa shape index (κ3) is 4.39. The van der Waals surface area contributed by atoms with Crippen molar-refractivity contribution in [2.75, 3.05) is 0 Å². The number of carbonyl (C=O) groups excluding carboxylic acids is 2. The molecule has 1 aliphatic heterocycles. The number of carboxylic acid groups (broad SMARTS) is 1. The molecule has 1 aliphatic carbocycles. The Labute approximate surface area is 188 Å². The average molecular weight is 445 g/mol. The van der Waals surface area contributed by atoms with Gasteiger partial charge in [0.15, 0.2) is 5.78 Å². The van der Waals surface area contributed by atoms with E-state index in [4.69, 9.17) is 20.3 Å². The van der Waals surface area contributed by atoms with Gasteiger partial charge in [-0.3, -0.25) is 14.6 Å². The number of carbonyl (C=O) groups is 3. The molecule has 1 atom stereocenters. The average Bonchev–Trinajstić information content (AvgIpc) is 3.27. The zero-order valence-electron chi connectivity index (χ0n) is 19.3. The molecule has 2 aliphatic rings. The third-order valence-electron chi connectivity index (χ3n) is 6.96. The minimum atomic E-state index is -1.29. The van der Waals surface area contributed by atoms with Crippen LogP contribution in [0.4, 0.5) is 4.79 Å². The molecule has 2 amide bonds. The van der Waals surface area contributed by atoms with Crippen molar-refractivity contribution in [2.24, 2.45) is 5.84 Å². The smallest absolute Gasteiger partial charge is 0.465 e. The number of nitrogens with one attached hydrogen (secondary N) is 1. The van der Waals surface area contributed by atoms with Crippen molar-refractivity contribution < 1.29 is 28.8 Å². The van der Waals surface area contributed by atoms with Gasteiger partial charge in [-0.2, -0.15) is 0 Å². The van der Waals surface area contributed by atoms with Crippen LogP contribution in [0.3, 0.4) is 0 Å². The van der Waals surface area contributed by atoms with Crippen LogP contribution in [0, 0.1) is 0 Å². The molecule has 1 unspecified atom stereocenters. The largest absolute Gasteiger partial charge is 0.494 e. The maximum Gasteiger partial charge on any atom is 0.494 e. The van der Waals surface area contributed by atoms with E-state index in [-0.39, 0.29) is 5.78 Å². The van der Waals surface area contributed by atoms with E-state index in [1.165, 1.54) is 6.92 Å². The standard InChI is InChI=1S/C22H32BN3O6/c1-14(26(24)18(28)22(25-19(29)30)12-6-7-13-22)17(27)15-8-10-16(11-9-15)23-31-20(2,3)21(4,5)32-23/h8-11,14,25H,6-7,12-13,24H2,1-5H3,(H,29,30). The normalized spacial score (nSPS) is 21.8. The molecule has 0 radical (unpaired) electrons. The number of benzene rings is 1. The molecular weight excluding hydrogens is 413 g/mol. The van der Waals surface area contributed by atoms with Crippen molar-refractivity contribution >= 4 is 30.4 Å². The number of amides is 2. The molecule has 174 valence electrons. The summed E-state index contributed by atoms with van der Waals surface area (Å²) in [5.41, 5.74) is -1.06. The van der Waals surface area contributed by atoms with Crippen LogP contribution in [0.1, 0.15) is 70.7 Å². The number of hydrogen-bond acceptors (Lipinski definition) is 6. The van der Waals surface area contributed by atoms with Gasteiger partial charge in [-0.1, -0.05) is 37.1 Å². The lowest BCUT2D eigenvalue weighted by Gasteiger charge is -2.34. The van der Waals surface area contributed by atoms with Crippen LogP contribution in [-0.2, 0) is 14.1 Å². The van der Waals surface area contributed by atoms with Crippen LogP contribution in [0.2, 0.25) is 0 Å². The Kier molecular flexibility index (Phi) is 6.43. The fourth-order valence-corrected chi connectivity index (χ4v) is 4.15. The molecule has 0 bridgehead atoms. The van der Waals surface area contributed by atoms with Gasteiger partial charge in [0, 0.05) is 5.56 Å². The molecule has 10 heteroatoms. The van der Waals surface area contributed by atoms with Gasteiger partial charge in [0.25, 0.3) is 5.91 Å². The quantitative estimate of drug-likeness (QED) is 0.200. The van der Waals surface area contributed by atoms with Crippen LogP contribution >= 0.6 is 0 Å². The first-order valence-electron chi connectivity index (χ1n) is 10.9. The summed E-state index contributed by atoms with van der Waals surface area (Å²) in [5, 5.41) is 12.3. The summed E-state index contributed by atoms with van der Waals surface area (Å²) < 4.78 is 12.1. The van der Waals surface area contributed by atoms with Crippen LogP contribution in [0.5, 0.6) is 0 Å². The van der Waals surface area contributed by atoms with Crippen LogP contribution in [-0.4, -0.2) is 57.8 Å². The lowest BCUT2D eigenvalue weighted by Crippen LogP contribution is -2.62. The highest BCUT2D eigenvalue weighted by Gasteiger charge is 2.51. The van der Waals surface area contributed by atoms with E-state index in [1.807, 2.05) is 27.7 Å². The predicted molar refractivity (Wildman–Crippen MR) is 119 cm³/mol. The lowest BCUT2D eigenvalue weighted by atomic mass is 9.78. The molecule has 0 aromatic heterocycles. The molecule has 3 rings (SSSR count). The van der Waals surface area contributed by atoms with Gasteiger partial charge in [-0.15, -0.1) is 0 Å². The second kappa shape index (κ2) is 8.49. The highest BCUT2D eigenvalue weighted by Crippen LogP contribution is 2.36. The van der Waals surface area contributed by atoms with Gasteiger partial charge in [-0.05, 0) is 52.9 Å². The maximum atomic E-state index is 13.0. The first-order valence-corrected chi connectivity index (χ1v) is 10.9. The van der Waals surface area contributed by atoms with Gasteiger partial charge in [0.1, 0.15) is 11.6 Å².